The number of aromatic nitrogens is 1. The van der Waals surface area contributed by atoms with Crippen LogP contribution in [0.25, 0.3) is 0 Å². The van der Waals surface area contributed by atoms with Gasteiger partial charge in [0.2, 0.25) is 0 Å². The molecular formula is C37H39NO9. The average Bonchev–Trinajstić information content (AvgIpc) is 3.26. The number of esters is 4. The summed E-state index contributed by atoms with van der Waals surface area (Å²) in [6.45, 7) is 8.85. The minimum Gasteiger partial charge on any atom is -0.459 e. The third-order valence-corrected chi connectivity index (χ3v) is 10.3. The van der Waals surface area contributed by atoms with Gasteiger partial charge in [-0.05, 0) is 75.9 Å². The highest BCUT2D eigenvalue weighted by Crippen LogP contribution is 2.68. The Hall–Kier alpha value is -4.57. The van der Waals surface area contributed by atoms with Gasteiger partial charge in [-0.2, -0.15) is 0 Å². The van der Waals surface area contributed by atoms with E-state index in [9.17, 15) is 19.2 Å². The summed E-state index contributed by atoms with van der Waals surface area (Å²) in [6.07, 6.45) is -0.297. The first-order chi connectivity index (χ1) is 22.4. The normalized spacial score (nSPS) is 31.9. The second-order valence-electron chi connectivity index (χ2n) is 13.4. The summed E-state index contributed by atoms with van der Waals surface area (Å²) in [7, 11) is 0. The maximum absolute atomic E-state index is 13.9. The Labute approximate surface area is 273 Å². The average molecular weight is 642 g/mol. The third-order valence-electron chi connectivity index (χ3n) is 10.3. The first kappa shape index (κ1) is 32.4. The van der Waals surface area contributed by atoms with Crippen LogP contribution in [0.2, 0.25) is 0 Å². The van der Waals surface area contributed by atoms with E-state index in [1.54, 1.807) is 79.0 Å². The van der Waals surface area contributed by atoms with Crippen molar-refractivity contribution in [1.82, 2.24) is 4.98 Å². The molecule has 246 valence electrons. The number of carbonyl (C=O) groups is 4. The van der Waals surface area contributed by atoms with Gasteiger partial charge >= 0.3 is 23.9 Å². The van der Waals surface area contributed by atoms with Gasteiger partial charge < -0.3 is 23.7 Å². The molecule has 0 radical (unpaired) electrons. The van der Waals surface area contributed by atoms with E-state index in [1.807, 2.05) is 27.7 Å². The summed E-state index contributed by atoms with van der Waals surface area (Å²) < 4.78 is 32.3. The van der Waals surface area contributed by atoms with Crippen molar-refractivity contribution < 1.29 is 42.9 Å². The number of pyridine rings is 1. The lowest BCUT2D eigenvalue weighted by molar-refractivity contribution is -0.294. The lowest BCUT2D eigenvalue weighted by atomic mass is 9.48. The van der Waals surface area contributed by atoms with Gasteiger partial charge in [0.15, 0.2) is 6.10 Å². The minimum atomic E-state index is -1.38. The Morgan fingerprint density at radius 2 is 1.30 bits per heavy atom. The van der Waals surface area contributed by atoms with Crippen LogP contribution in [0.4, 0.5) is 0 Å². The molecule has 47 heavy (non-hydrogen) atoms. The molecular weight excluding hydrogens is 602 g/mol. The van der Waals surface area contributed by atoms with E-state index < -0.39 is 70.8 Å². The van der Waals surface area contributed by atoms with Crippen molar-refractivity contribution >= 4 is 23.9 Å². The minimum absolute atomic E-state index is 0.242. The number of carbonyl (C=O) groups excluding carboxylic acids is 4. The molecule has 2 aromatic carbocycles. The molecule has 10 heteroatoms. The molecule has 0 amide bonds. The fourth-order valence-electron chi connectivity index (χ4n) is 8.24. The second-order valence-corrected chi connectivity index (χ2v) is 13.4. The van der Waals surface area contributed by atoms with Crippen LogP contribution in [-0.4, -0.2) is 64.5 Å². The molecule has 3 aromatic rings. The van der Waals surface area contributed by atoms with Crippen molar-refractivity contribution in [3.63, 3.8) is 0 Å². The molecule has 8 atom stereocenters. The monoisotopic (exact) mass is 641 g/mol. The summed E-state index contributed by atoms with van der Waals surface area (Å²) in [5.41, 5.74) is -2.89. The molecule has 1 aromatic heterocycles. The van der Waals surface area contributed by atoms with Crippen molar-refractivity contribution in [1.29, 1.82) is 0 Å². The number of benzene rings is 2. The van der Waals surface area contributed by atoms with Crippen LogP contribution in [0.15, 0.2) is 85.2 Å². The van der Waals surface area contributed by atoms with Crippen molar-refractivity contribution in [3.8, 4) is 0 Å². The quantitative estimate of drug-likeness (QED) is 0.238. The van der Waals surface area contributed by atoms with Crippen molar-refractivity contribution in [3.05, 3.63) is 102 Å². The zero-order valence-corrected chi connectivity index (χ0v) is 27.1. The van der Waals surface area contributed by atoms with Gasteiger partial charge in [0.1, 0.15) is 23.9 Å². The van der Waals surface area contributed by atoms with Gasteiger partial charge in [0.25, 0.3) is 0 Å². The van der Waals surface area contributed by atoms with Crippen LogP contribution in [0, 0.1) is 17.3 Å². The summed E-state index contributed by atoms with van der Waals surface area (Å²) >= 11 is 0. The summed E-state index contributed by atoms with van der Waals surface area (Å²) in [4.78, 5) is 58.2. The topological polar surface area (TPSA) is 127 Å². The fraction of sp³-hybridized carbons (Fsp3) is 0.432. The maximum Gasteiger partial charge on any atom is 0.339 e. The van der Waals surface area contributed by atoms with Crippen molar-refractivity contribution in [2.24, 2.45) is 17.3 Å². The molecule has 6 rings (SSSR count). The third kappa shape index (κ3) is 5.38. The van der Waals surface area contributed by atoms with E-state index in [4.69, 9.17) is 23.7 Å². The maximum atomic E-state index is 13.9. The van der Waals surface area contributed by atoms with Crippen LogP contribution < -0.4 is 0 Å². The summed E-state index contributed by atoms with van der Waals surface area (Å²) in [5, 5.41) is 0. The summed E-state index contributed by atoms with van der Waals surface area (Å²) in [6, 6.07) is 20.2. The highest BCUT2D eigenvalue weighted by Gasteiger charge is 2.82. The second kappa shape index (κ2) is 12.2. The Morgan fingerprint density at radius 3 is 1.87 bits per heavy atom. The molecule has 0 N–H and O–H groups in total. The molecule has 3 fully saturated rings. The molecule has 2 aliphatic carbocycles. The Kier molecular flexibility index (Phi) is 8.42. The van der Waals surface area contributed by atoms with Gasteiger partial charge in [-0.3, -0.25) is 9.78 Å². The van der Waals surface area contributed by atoms with Gasteiger partial charge in [-0.15, -0.1) is 0 Å². The predicted molar refractivity (Wildman–Crippen MR) is 168 cm³/mol. The lowest BCUT2D eigenvalue weighted by Gasteiger charge is -2.62. The molecule has 1 aliphatic heterocycles. The first-order valence-electron chi connectivity index (χ1n) is 15.9. The van der Waals surface area contributed by atoms with E-state index in [1.165, 1.54) is 13.1 Å². The van der Waals surface area contributed by atoms with Gasteiger partial charge in [0.05, 0.1) is 33.6 Å². The van der Waals surface area contributed by atoms with E-state index in [2.05, 4.69) is 4.98 Å². The van der Waals surface area contributed by atoms with E-state index in [0.29, 0.717) is 24.0 Å². The lowest BCUT2D eigenvalue weighted by Crippen LogP contribution is -2.76. The van der Waals surface area contributed by atoms with E-state index in [0.717, 1.165) is 0 Å². The van der Waals surface area contributed by atoms with Crippen LogP contribution in [0.3, 0.4) is 0 Å². The van der Waals surface area contributed by atoms with E-state index in [-0.39, 0.29) is 11.5 Å². The molecule has 2 heterocycles. The van der Waals surface area contributed by atoms with Crippen LogP contribution >= 0.6 is 0 Å². The number of rotatable bonds is 7. The standard InChI is InChI=1S/C37H39NO9/c1-22-18-19-27(44-34(42)26-17-12-20-38-21-26)36(5)31(46-33(41)25-15-10-7-11-16-25)29(45-32(40)24-13-8-6-9-14-24)28-30(43-23(2)39)37(22,36)47-35(28,3)4/h6-17,20-22,27-31H,18-19H2,1-5H3. The van der Waals surface area contributed by atoms with Crippen LogP contribution in [0.1, 0.15) is 78.5 Å². The molecule has 2 bridgehead atoms. The highest BCUT2D eigenvalue weighted by molar-refractivity contribution is 5.91. The Balaban J connectivity index is 1.54. The fourth-order valence-corrected chi connectivity index (χ4v) is 8.24. The number of fused-ring (bicyclic) bond motifs is 1. The van der Waals surface area contributed by atoms with Gasteiger partial charge in [0, 0.05) is 19.3 Å². The number of hydrogen-bond acceptors (Lipinski definition) is 10. The largest absolute Gasteiger partial charge is 0.459 e. The zero-order valence-electron chi connectivity index (χ0n) is 27.1. The van der Waals surface area contributed by atoms with Gasteiger partial charge in [-0.25, -0.2) is 14.4 Å². The molecule has 10 nitrogen and oxygen atoms in total. The van der Waals surface area contributed by atoms with E-state index >= 15 is 0 Å². The number of ether oxygens (including phenoxy) is 5. The highest BCUT2D eigenvalue weighted by atomic mass is 16.6. The van der Waals surface area contributed by atoms with Crippen LogP contribution in [-0.2, 0) is 28.5 Å². The predicted octanol–water partition coefficient (Wildman–Crippen LogP) is 5.60. The number of hydrogen-bond donors (Lipinski definition) is 0. The zero-order chi connectivity index (χ0) is 33.6. The molecule has 3 aliphatic rings. The van der Waals surface area contributed by atoms with Crippen LogP contribution in [0.5, 0.6) is 0 Å². The van der Waals surface area contributed by atoms with Crippen molar-refractivity contribution in [2.45, 2.75) is 83.1 Å². The van der Waals surface area contributed by atoms with Gasteiger partial charge in [-0.1, -0.05) is 43.3 Å². The summed E-state index contributed by atoms with van der Waals surface area (Å²) in [5.74, 6) is -3.47. The Bertz CT molecular complexity index is 1650. The molecule has 2 saturated carbocycles. The number of nitrogens with zero attached hydrogens (tertiary/aromatic N) is 1. The molecule has 8 unspecified atom stereocenters. The molecule has 1 saturated heterocycles. The Morgan fingerprint density at radius 1 is 0.723 bits per heavy atom. The first-order valence-corrected chi connectivity index (χ1v) is 15.9. The SMILES string of the molecule is CC(=O)OC1C2C(OC(=O)c3ccccc3)C(OC(=O)c3ccccc3)C3(C)C(OC(=O)c4cccnc4)CCC(C)C13OC2(C)C. The van der Waals surface area contributed by atoms with Crippen molar-refractivity contribution in [2.75, 3.05) is 0 Å². The smallest absolute Gasteiger partial charge is 0.339 e. The molecule has 1 spiro atoms.